The Hall–Kier alpha value is 0.480. The summed E-state index contributed by atoms with van der Waals surface area (Å²) in [7, 11) is 0. The third-order valence-electron chi connectivity index (χ3n) is 1.31. The van der Waals surface area contributed by atoms with E-state index in [4.69, 9.17) is 0 Å². The molecule has 0 aliphatic carbocycles. The smallest absolute Gasteiger partial charge is 0.00313 e. The van der Waals surface area contributed by atoms with Gasteiger partial charge in [-0.15, -0.1) is 0 Å². The Balaban J connectivity index is 2.75. The van der Waals surface area contributed by atoms with Crippen LogP contribution in [0.3, 0.4) is 0 Å². The second-order valence-corrected chi connectivity index (χ2v) is 3.50. The summed E-state index contributed by atoms with van der Waals surface area (Å²) in [6.45, 7) is 4.41. The molecule has 0 aliphatic heterocycles. The summed E-state index contributed by atoms with van der Waals surface area (Å²) in [4.78, 5) is 0. The zero-order valence-electron chi connectivity index (χ0n) is 6.41. The Bertz CT molecular complexity index is 50.5. The largest absolute Gasteiger partial charge is 0.0928 e. The fourth-order valence-corrected chi connectivity index (χ4v) is 1.15. The predicted octanol–water partition coefficient (Wildman–Crippen LogP) is 3.56. The molecule has 1 radical (unpaired) electrons. The molecule has 0 bridgehead atoms. The molecular formula is C8H16Br. The van der Waals surface area contributed by atoms with E-state index in [1.165, 1.54) is 25.7 Å². The third-order valence-corrected chi connectivity index (χ3v) is 1.87. The van der Waals surface area contributed by atoms with Crippen LogP contribution in [0.4, 0.5) is 0 Å². The van der Waals surface area contributed by atoms with E-state index in [0.717, 1.165) is 5.33 Å². The Morgan fingerprint density at radius 2 is 1.78 bits per heavy atom. The summed E-state index contributed by atoms with van der Waals surface area (Å²) in [5, 5.41) is 1.16. The average Bonchev–Trinajstić information content (AvgIpc) is 1.80. The first-order valence-electron chi connectivity index (χ1n) is 3.62. The summed E-state index contributed by atoms with van der Waals surface area (Å²) in [6, 6.07) is 0. The molecule has 0 aromatic heterocycles. The Morgan fingerprint density at radius 1 is 1.11 bits per heavy atom. The lowest BCUT2D eigenvalue weighted by Crippen LogP contribution is -1.84. The lowest BCUT2D eigenvalue weighted by atomic mass is 10.1. The predicted molar refractivity (Wildman–Crippen MR) is 46.9 cm³/mol. The Labute approximate surface area is 67.2 Å². The highest BCUT2D eigenvalue weighted by molar-refractivity contribution is 9.09. The van der Waals surface area contributed by atoms with Gasteiger partial charge in [0.2, 0.25) is 0 Å². The summed E-state index contributed by atoms with van der Waals surface area (Å²) >= 11 is 3.41. The average molecular weight is 192 g/mol. The van der Waals surface area contributed by atoms with Crippen molar-refractivity contribution in [3.05, 3.63) is 5.92 Å². The highest BCUT2D eigenvalue weighted by Gasteiger charge is 1.92. The van der Waals surface area contributed by atoms with Crippen LogP contribution in [0, 0.1) is 5.92 Å². The fourth-order valence-electron chi connectivity index (χ4n) is 0.750. The normalized spacial score (nSPS) is 10.7. The van der Waals surface area contributed by atoms with E-state index < -0.39 is 0 Å². The highest BCUT2D eigenvalue weighted by atomic mass is 79.9. The lowest BCUT2D eigenvalue weighted by molar-refractivity contribution is 0.682. The molecule has 0 atom stereocenters. The van der Waals surface area contributed by atoms with Crippen LogP contribution in [0.2, 0.25) is 0 Å². The van der Waals surface area contributed by atoms with E-state index in [1.807, 2.05) is 0 Å². The van der Waals surface area contributed by atoms with Gasteiger partial charge < -0.3 is 0 Å². The van der Waals surface area contributed by atoms with E-state index in [-0.39, 0.29) is 0 Å². The molecule has 0 aromatic rings. The molecule has 0 N–H and O–H groups in total. The van der Waals surface area contributed by atoms with Crippen molar-refractivity contribution < 1.29 is 0 Å². The van der Waals surface area contributed by atoms with Gasteiger partial charge in [-0.2, -0.15) is 0 Å². The molecule has 0 rings (SSSR count). The summed E-state index contributed by atoms with van der Waals surface area (Å²) in [5.74, 6) is 1.56. The van der Waals surface area contributed by atoms with Gasteiger partial charge in [0.1, 0.15) is 0 Å². The molecule has 0 aromatic carbocycles. The molecule has 55 valence electrons. The van der Waals surface area contributed by atoms with Crippen LogP contribution in [0.15, 0.2) is 0 Å². The molecule has 0 amide bonds. The number of hydrogen-bond donors (Lipinski definition) is 0. The molecule has 0 unspecified atom stereocenters. The quantitative estimate of drug-likeness (QED) is 0.461. The van der Waals surface area contributed by atoms with Crippen LogP contribution in [0.5, 0.6) is 0 Å². The molecule has 1 heteroatoms. The molecule has 0 heterocycles. The van der Waals surface area contributed by atoms with Gasteiger partial charge in [0.25, 0.3) is 0 Å². The van der Waals surface area contributed by atoms with E-state index in [9.17, 15) is 0 Å². The Kier molecular flexibility index (Phi) is 6.95. The number of alkyl halides is 1. The van der Waals surface area contributed by atoms with Crippen LogP contribution in [-0.4, -0.2) is 5.33 Å². The summed E-state index contributed by atoms with van der Waals surface area (Å²) < 4.78 is 0. The maximum absolute atomic E-state index is 3.41. The van der Waals surface area contributed by atoms with Gasteiger partial charge >= 0.3 is 0 Å². The van der Waals surface area contributed by atoms with E-state index in [1.54, 1.807) is 5.92 Å². The maximum Gasteiger partial charge on any atom is 0.00313 e. The first-order chi connectivity index (χ1) is 4.27. The first-order valence-corrected chi connectivity index (χ1v) is 4.74. The third kappa shape index (κ3) is 8.48. The van der Waals surface area contributed by atoms with Crippen LogP contribution < -0.4 is 0 Å². The topological polar surface area (TPSA) is 0 Å². The van der Waals surface area contributed by atoms with Gasteiger partial charge in [-0.3, -0.25) is 0 Å². The number of rotatable bonds is 5. The van der Waals surface area contributed by atoms with Crippen molar-refractivity contribution in [2.75, 3.05) is 5.33 Å². The minimum atomic E-state index is 1.16. The number of halogens is 1. The van der Waals surface area contributed by atoms with Crippen LogP contribution in [0.1, 0.15) is 39.5 Å². The standard InChI is InChI=1S/C8H16Br/c1-8(2)6-4-3-5-7-9/h3-7H2,1-2H3. The lowest BCUT2D eigenvalue weighted by Gasteiger charge is -2.01. The molecular weight excluding hydrogens is 176 g/mol. The zero-order chi connectivity index (χ0) is 7.11. The van der Waals surface area contributed by atoms with E-state index >= 15 is 0 Å². The van der Waals surface area contributed by atoms with E-state index in [2.05, 4.69) is 29.8 Å². The molecule has 0 saturated carbocycles. The highest BCUT2D eigenvalue weighted by Crippen LogP contribution is 2.09. The van der Waals surface area contributed by atoms with Gasteiger partial charge in [0.15, 0.2) is 0 Å². The van der Waals surface area contributed by atoms with Crippen molar-refractivity contribution >= 4 is 15.9 Å². The van der Waals surface area contributed by atoms with E-state index in [0.29, 0.717) is 0 Å². The monoisotopic (exact) mass is 191 g/mol. The van der Waals surface area contributed by atoms with Crippen molar-refractivity contribution in [1.29, 1.82) is 0 Å². The van der Waals surface area contributed by atoms with Crippen LogP contribution >= 0.6 is 15.9 Å². The Morgan fingerprint density at radius 3 is 2.22 bits per heavy atom. The van der Waals surface area contributed by atoms with Crippen molar-refractivity contribution in [2.24, 2.45) is 0 Å². The molecule has 0 spiro atoms. The van der Waals surface area contributed by atoms with Crippen molar-refractivity contribution in [3.8, 4) is 0 Å². The number of hydrogen-bond acceptors (Lipinski definition) is 0. The van der Waals surface area contributed by atoms with Gasteiger partial charge in [-0.25, -0.2) is 0 Å². The van der Waals surface area contributed by atoms with Crippen LogP contribution in [0.25, 0.3) is 0 Å². The molecule has 0 fully saturated rings. The van der Waals surface area contributed by atoms with Gasteiger partial charge in [-0.1, -0.05) is 42.6 Å². The molecule has 0 aliphatic rings. The second-order valence-electron chi connectivity index (χ2n) is 2.71. The second kappa shape index (κ2) is 6.60. The maximum atomic E-state index is 3.41. The summed E-state index contributed by atoms with van der Waals surface area (Å²) in [6.07, 6.45) is 5.38. The molecule has 9 heavy (non-hydrogen) atoms. The minimum absolute atomic E-state index is 1.16. The zero-order valence-corrected chi connectivity index (χ0v) is 8.00. The van der Waals surface area contributed by atoms with Crippen molar-refractivity contribution in [3.63, 3.8) is 0 Å². The van der Waals surface area contributed by atoms with Gasteiger partial charge in [0.05, 0.1) is 0 Å². The van der Waals surface area contributed by atoms with Crippen molar-refractivity contribution in [1.82, 2.24) is 0 Å². The summed E-state index contributed by atoms with van der Waals surface area (Å²) in [5.41, 5.74) is 0. The van der Waals surface area contributed by atoms with Gasteiger partial charge in [-0.05, 0) is 18.8 Å². The molecule has 0 saturated heterocycles. The number of unbranched alkanes of at least 4 members (excludes halogenated alkanes) is 2. The van der Waals surface area contributed by atoms with Crippen LogP contribution in [-0.2, 0) is 0 Å². The van der Waals surface area contributed by atoms with Gasteiger partial charge in [0, 0.05) is 5.33 Å². The minimum Gasteiger partial charge on any atom is -0.0928 e. The molecule has 0 nitrogen and oxygen atoms in total. The SMILES string of the molecule is C[C](C)CCCCCBr. The first kappa shape index (κ1) is 9.48. The van der Waals surface area contributed by atoms with Crippen molar-refractivity contribution in [2.45, 2.75) is 39.5 Å². The fraction of sp³-hybridized carbons (Fsp3) is 0.875.